The Balaban J connectivity index is 1.63. The number of aromatic nitrogens is 2. The fraction of sp³-hybridized carbons (Fsp3) is 0.278. The number of aryl methyl sites for hydroxylation is 1. The highest BCUT2D eigenvalue weighted by Gasteiger charge is 2.11. The van der Waals surface area contributed by atoms with Crippen molar-refractivity contribution in [3.63, 3.8) is 0 Å². The molecule has 0 unspecified atom stereocenters. The molecule has 0 saturated carbocycles. The van der Waals surface area contributed by atoms with Gasteiger partial charge in [-0.05, 0) is 41.5 Å². The lowest BCUT2D eigenvalue weighted by atomic mass is 10.0. The summed E-state index contributed by atoms with van der Waals surface area (Å²) in [6.07, 6.45) is 0. The number of hydrogen-bond acceptors (Lipinski definition) is 5. The monoisotopic (exact) mass is 373 g/mol. The molecule has 1 aromatic carbocycles. The van der Waals surface area contributed by atoms with E-state index in [-0.39, 0.29) is 17.2 Å². The van der Waals surface area contributed by atoms with Crippen LogP contribution in [0.4, 0.5) is 5.69 Å². The Bertz CT molecular complexity index is 959. The Morgan fingerprint density at radius 3 is 2.72 bits per heavy atom. The van der Waals surface area contributed by atoms with E-state index in [2.05, 4.69) is 29.1 Å². The Morgan fingerprint density at radius 1 is 1.32 bits per heavy atom. The van der Waals surface area contributed by atoms with Gasteiger partial charge in [-0.25, -0.2) is 4.98 Å². The number of nitrogens with zero attached hydrogens (tertiary/aromatic N) is 1. The zero-order valence-corrected chi connectivity index (χ0v) is 15.9. The summed E-state index contributed by atoms with van der Waals surface area (Å²) in [5, 5.41) is 5.86. The van der Waals surface area contributed by atoms with Gasteiger partial charge in [0.25, 0.3) is 5.56 Å². The Kier molecular flexibility index (Phi) is 5.24. The van der Waals surface area contributed by atoms with Crippen molar-refractivity contribution >= 4 is 44.9 Å². The lowest BCUT2D eigenvalue weighted by molar-refractivity contribution is -0.113. The van der Waals surface area contributed by atoms with Crippen LogP contribution in [-0.2, 0) is 4.79 Å². The van der Waals surface area contributed by atoms with Crippen LogP contribution >= 0.6 is 23.1 Å². The summed E-state index contributed by atoms with van der Waals surface area (Å²) >= 11 is 2.66. The number of benzene rings is 1. The van der Waals surface area contributed by atoms with Crippen LogP contribution in [0.2, 0.25) is 0 Å². The maximum atomic E-state index is 12.1. The van der Waals surface area contributed by atoms with Crippen molar-refractivity contribution in [2.45, 2.75) is 31.8 Å². The zero-order valence-electron chi connectivity index (χ0n) is 14.3. The van der Waals surface area contributed by atoms with Crippen LogP contribution in [0.5, 0.6) is 0 Å². The van der Waals surface area contributed by atoms with Crippen LogP contribution in [0.1, 0.15) is 30.9 Å². The third-order valence-corrected chi connectivity index (χ3v) is 5.67. The molecule has 0 aliphatic carbocycles. The Morgan fingerprint density at radius 2 is 2.04 bits per heavy atom. The second-order valence-corrected chi connectivity index (χ2v) is 7.91. The molecule has 3 aromatic rings. The molecular weight excluding hydrogens is 354 g/mol. The third-order valence-electron chi connectivity index (χ3n) is 3.81. The number of H-pyrrole nitrogens is 1. The Labute approximate surface area is 153 Å². The van der Waals surface area contributed by atoms with E-state index in [9.17, 15) is 9.59 Å². The number of nitrogens with one attached hydrogen (secondary N) is 2. The first-order valence-corrected chi connectivity index (χ1v) is 9.81. The topological polar surface area (TPSA) is 74.8 Å². The molecular formula is C18H19N3O2S2. The number of amides is 1. The Hall–Kier alpha value is -2.12. The third kappa shape index (κ3) is 4.11. The number of thioether (sulfide) groups is 1. The summed E-state index contributed by atoms with van der Waals surface area (Å²) in [4.78, 5) is 32.1. The van der Waals surface area contributed by atoms with Crippen LogP contribution in [0, 0.1) is 6.92 Å². The molecule has 25 heavy (non-hydrogen) atoms. The van der Waals surface area contributed by atoms with Crippen LogP contribution in [0.3, 0.4) is 0 Å². The molecule has 0 atom stereocenters. The van der Waals surface area contributed by atoms with Gasteiger partial charge in [-0.15, -0.1) is 11.3 Å². The largest absolute Gasteiger partial charge is 0.325 e. The molecule has 0 bridgehead atoms. The highest BCUT2D eigenvalue weighted by molar-refractivity contribution is 7.99. The zero-order chi connectivity index (χ0) is 18.0. The second-order valence-electron chi connectivity index (χ2n) is 6.08. The highest BCUT2D eigenvalue weighted by Crippen LogP contribution is 2.23. The standard InChI is InChI=1S/C18H19N3O2S2/c1-10(2)12-4-6-13(7-5-12)19-14(22)9-25-18-20-16(23)15-11(3)8-24-17(15)21-18/h4-8,10H,9H2,1-3H3,(H,19,22)(H,20,21,23). The molecule has 0 radical (unpaired) electrons. The summed E-state index contributed by atoms with van der Waals surface area (Å²) in [5.41, 5.74) is 2.76. The number of fused-ring (bicyclic) bond motifs is 1. The number of rotatable bonds is 5. The van der Waals surface area contributed by atoms with Gasteiger partial charge >= 0.3 is 0 Å². The van der Waals surface area contributed by atoms with Gasteiger partial charge in [0.2, 0.25) is 5.91 Å². The number of thiophene rings is 1. The van der Waals surface area contributed by atoms with Gasteiger partial charge < -0.3 is 10.3 Å². The van der Waals surface area contributed by atoms with Gasteiger partial charge in [0.1, 0.15) is 4.83 Å². The van der Waals surface area contributed by atoms with Crippen molar-refractivity contribution in [3.05, 3.63) is 51.1 Å². The molecule has 1 amide bonds. The van der Waals surface area contributed by atoms with Crippen LogP contribution in [-0.4, -0.2) is 21.6 Å². The number of hydrogen-bond donors (Lipinski definition) is 2. The predicted octanol–water partition coefficient (Wildman–Crippen LogP) is 4.15. The first-order chi connectivity index (χ1) is 11.9. The molecule has 2 N–H and O–H groups in total. The van der Waals surface area contributed by atoms with Crippen molar-refractivity contribution in [1.82, 2.24) is 9.97 Å². The number of aromatic amines is 1. The van der Waals surface area contributed by atoms with Gasteiger partial charge in [-0.3, -0.25) is 9.59 Å². The van der Waals surface area contributed by atoms with Crippen molar-refractivity contribution in [2.75, 3.05) is 11.1 Å². The molecule has 0 aliphatic rings. The maximum Gasteiger partial charge on any atom is 0.260 e. The minimum absolute atomic E-state index is 0.132. The van der Waals surface area contributed by atoms with E-state index in [4.69, 9.17) is 0 Å². The maximum absolute atomic E-state index is 12.1. The summed E-state index contributed by atoms with van der Waals surface area (Å²) in [5.74, 6) is 0.511. The summed E-state index contributed by atoms with van der Waals surface area (Å²) in [6, 6.07) is 7.83. The first kappa shape index (κ1) is 17.7. The van der Waals surface area contributed by atoms with Gasteiger partial charge in [-0.1, -0.05) is 37.7 Å². The average Bonchev–Trinajstić information content (AvgIpc) is 2.95. The SMILES string of the molecule is Cc1csc2nc(SCC(=O)Nc3ccc(C(C)C)cc3)[nH]c(=O)c12. The lowest BCUT2D eigenvalue weighted by Crippen LogP contribution is -2.15. The lowest BCUT2D eigenvalue weighted by Gasteiger charge is -2.08. The van der Waals surface area contributed by atoms with Gasteiger partial charge in [0.05, 0.1) is 11.1 Å². The molecule has 2 heterocycles. The fourth-order valence-corrected chi connectivity index (χ4v) is 4.06. The predicted molar refractivity (Wildman–Crippen MR) is 105 cm³/mol. The number of carbonyl (C=O) groups is 1. The van der Waals surface area contributed by atoms with E-state index in [1.165, 1.54) is 28.7 Å². The van der Waals surface area contributed by atoms with E-state index in [0.717, 1.165) is 11.3 Å². The van der Waals surface area contributed by atoms with Crippen molar-refractivity contribution in [3.8, 4) is 0 Å². The molecule has 7 heteroatoms. The quantitative estimate of drug-likeness (QED) is 0.520. The molecule has 0 spiro atoms. The van der Waals surface area contributed by atoms with E-state index in [0.29, 0.717) is 21.3 Å². The highest BCUT2D eigenvalue weighted by atomic mass is 32.2. The van der Waals surface area contributed by atoms with E-state index in [1.807, 2.05) is 36.6 Å². The summed E-state index contributed by atoms with van der Waals surface area (Å²) in [6.45, 7) is 6.15. The molecule has 130 valence electrons. The average molecular weight is 374 g/mol. The van der Waals surface area contributed by atoms with Crippen molar-refractivity contribution in [1.29, 1.82) is 0 Å². The molecule has 0 saturated heterocycles. The van der Waals surface area contributed by atoms with E-state index < -0.39 is 0 Å². The van der Waals surface area contributed by atoms with Crippen LogP contribution in [0.15, 0.2) is 39.6 Å². The normalized spacial score (nSPS) is 11.2. The minimum Gasteiger partial charge on any atom is -0.325 e. The van der Waals surface area contributed by atoms with E-state index >= 15 is 0 Å². The molecule has 0 aliphatic heterocycles. The van der Waals surface area contributed by atoms with Crippen molar-refractivity contribution < 1.29 is 4.79 Å². The van der Waals surface area contributed by atoms with Gasteiger partial charge in [-0.2, -0.15) is 0 Å². The number of anilines is 1. The molecule has 2 aromatic heterocycles. The summed E-state index contributed by atoms with van der Waals surface area (Å²) < 4.78 is 0. The number of carbonyl (C=O) groups excluding carboxylic acids is 1. The first-order valence-electron chi connectivity index (χ1n) is 7.95. The molecule has 0 fully saturated rings. The smallest absolute Gasteiger partial charge is 0.260 e. The van der Waals surface area contributed by atoms with Crippen LogP contribution < -0.4 is 10.9 Å². The summed E-state index contributed by atoms with van der Waals surface area (Å²) in [7, 11) is 0. The van der Waals surface area contributed by atoms with Crippen LogP contribution in [0.25, 0.3) is 10.2 Å². The minimum atomic E-state index is -0.157. The van der Waals surface area contributed by atoms with E-state index in [1.54, 1.807) is 0 Å². The molecule has 3 rings (SSSR count). The fourth-order valence-electron chi connectivity index (χ4n) is 2.42. The van der Waals surface area contributed by atoms with Gasteiger partial charge in [0.15, 0.2) is 5.16 Å². The second kappa shape index (κ2) is 7.41. The molecule has 5 nitrogen and oxygen atoms in total. The van der Waals surface area contributed by atoms with Gasteiger partial charge in [0, 0.05) is 5.69 Å². The van der Waals surface area contributed by atoms with Crippen molar-refractivity contribution in [2.24, 2.45) is 0 Å².